The maximum absolute atomic E-state index is 13.0. The van der Waals surface area contributed by atoms with Gasteiger partial charge in [-0.15, -0.1) is 0 Å². The van der Waals surface area contributed by atoms with Crippen molar-refractivity contribution in [3.63, 3.8) is 0 Å². The smallest absolute Gasteiger partial charge is 0.259 e. The monoisotopic (exact) mass is 383 g/mol. The number of carbonyl (C=O) groups is 1. The van der Waals surface area contributed by atoms with Crippen LogP contribution in [0, 0.1) is 0 Å². The van der Waals surface area contributed by atoms with Crippen molar-refractivity contribution in [2.45, 2.75) is 19.1 Å². The van der Waals surface area contributed by atoms with Gasteiger partial charge in [-0.3, -0.25) is 9.69 Å². The summed E-state index contributed by atoms with van der Waals surface area (Å²) >= 11 is 1.89. The number of hydrogen-bond donors (Lipinski definition) is 0. The fourth-order valence-corrected chi connectivity index (χ4v) is 4.63. The van der Waals surface area contributed by atoms with Crippen LogP contribution in [-0.2, 0) is 6.54 Å². The number of carbonyl (C=O) groups excluding carboxylic acids is 1. The average molecular weight is 384 g/mol. The molecule has 3 heterocycles. The maximum atomic E-state index is 13.0. The minimum absolute atomic E-state index is 0.0307. The molecule has 6 heteroatoms. The van der Waals surface area contributed by atoms with E-state index in [4.69, 9.17) is 4.74 Å². The van der Waals surface area contributed by atoms with Crippen LogP contribution >= 0.6 is 11.8 Å². The second-order valence-corrected chi connectivity index (χ2v) is 8.16. The highest BCUT2D eigenvalue weighted by Crippen LogP contribution is 2.25. The molecule has 0 spiro atoms. The lowest BCUT2D eigenvalue weighted by Crippen LogP contribution is -2.48. The number of benzene rings is 1. The van der Waals surface area contributed by atoms with E-state index in [2.05, 4.69) is 34.1 Å². The summed E-state index contributed by atoms with van der Waals surface area (Å²) in [5, 5.41) is 0. The van der Waals surface area contributed by atoms with Crippen molar-refractivity contribution in [2.75, 3.05) is 37.7 Å². The number of thioether (sulfide) groups is 1. The summed E-state index contributed by atoms with van der Waals surface area (Å²) in [5.74, 6) is 2.61. The van der Waals surface area contributed by atoms with Gasteiger partial charge in [0.05, 0.1) is 0 Å². The summed E-state index contributed by atoms with van der Waals surface area (Å²) in [4.78, 5) is 21.7. The second-order valence-electron chi connectivity index (χ2n) is 7.01. The van der Waals surface area contributed by atoms with Crippen molar-refractivity contribution >= 4 is 17.7 Å². The largest absolute Gasteiger partial charge is 0.473 e. The number of pyridine rings is 1. The van der Waals surface area contributed by atoms with E-state index < -0.39 is 0 Å². The Morgan fingerprint density at radius 2 is 1.93 bits per heavy atom. The van der Waals surface area contributed by atoms with Crippen LogP contribution in [0.25, 0.3) is 0 Å². The number of nitrogens with zero attached hydrogens (tertiary/aromatic N) is 3. The van der Waals surface area contributed by atoms with Crippen LogP contribution in [0.1, 0.15) is 22.3 Å². The SMILES string of the molecule is O=C(c1cccnc1OC1CCSC1)N1CCN(Cc2ccccc2)CC1. The molecule has 0 N–H and O–H groups in total. The second kappa shape index (κ2) is 8.76. The minimum Gasteiger partial charge on any atom is -0.473 e. The zero-order valence-electron chi connectivity index (χ0n) is 15.4. The van der Waals surface area contributed by atoms with Gasteiger partial charge in [-0.05, 0) is 29.9 Å². The molecule has 1 atom stereocenters. The number of rotatable bonds is 5. The van der Waals surface area contributed by atoms with E-state index in [9.17, 15) is 4.79 Å². The number of amides is 1. The van der Waals surface area contributed by atoms with Gasteiger partial charge < -0.3 is 9.64 Å². The molecule has 0 radical (unpaired) electrons. The number of aromatic nitrogens is 1. The molecule has 0 aliphatic carbocycles. The lowest BCUT2D eigenvalue weighted by molar-refractivity contribution is 0.0621. The molecule has 1 aromatic heterocycles. The van der Waals surface area contributed by atoms with Crippen LogP contribution in [0.15, 0.2) is 48.7 Å². The topological polar surface area (TPSA) is 45.7 Å². The molecule has 27 heavy (non-hydrogen) atoms. The van der Waals surface area contributed by atoms with E-state index in [1.165, 1.54) is 5.56 Å². The van der Waals surface area contributed by atoms with Gasteiger partial charge >= 0.3 is 0 Å². The van der Waals surface area contributed by atoms with Crippen LogP contribution in [0.5, 0.6) is 5.88 Å². The first-order valence-corrected chi connectivity index (χ1v) is 10.7. The van der Waals surface area contributed by atoms with E-state index in [1.807, 2.05) is 34.9 Å². The quantitative estimate of drug-likeness (QED) is 0.794. The Morgan fingerprint density at radius 1 is 1.11 bits per heavy atom. The molecule has 2 aliphatic rings. The fraction of sp³-hybridized carbons (Fsp3) is 0.429. The summed E-state index contributed by atoms with van der Waals surface area (Å²) in [5.41, 5.74) is 1.90. The van der Waals surface area contributed by atoms with E-state index in [1.54, 1.807) is 6.20 Å². The summed E-state index contributed by atoms with van der Waals surface area (Å²) in [6.45, 7) is 4.18. The summed E-state index contributed by atoms with van der Waals surface area (Å²) in [6.07, 6.45) is 2.89. The lowest BCUT2D eigenvalue weighted by atomic mass is 10.1. The molecule has 2 aromatic rings. The predicted octanol–water partition coefficient (Wildman–Crippen LogP) is 2.92. The third-order valence-electron chi connectivity index (χ3n) is 5.08. The molecule has 4 rings (SSSR count). The van der Waals surface area contributed by atoms with E-state index in [0.717, 1.165) is 50.7 Å². The molecule has 1 aromatic carbocycles. The van der Waals surface area contributed by atoms with Gasteiger partial charge in [0, 0.05) is 44.7 Å². The highest BCUT2D eigenvalue weighted by Gasteiger charge is 2.26. The Kier molecular flexibility index (Phi) is 5.94. The first kappa shape index (κ1) is 18.3. The van der Waals surface area contributed by atoms with Crippen molar-refractivity contribution in [2.24, 2.45) is 0 Å². The molecule has 0 bridgehead atoms. The Morgan fingerprint density at radius 3 is 2.67 bits per heavy atom. The Balaban J connectivity index is 1.36. The van der Waals surface area contributed by atoms with Crippen molar-refractivity contribution in [3.8, 4) is 5.88 Å². The summed E-state index contributed by atoms with van der Waals surface area (Å²) in [6, 6.07) is 14.1. The van der Waals surface area contributed by atoms with Gasteiger partial charge in [-0.1, -0.05) is 30.3 Å². The number of piperazine rings is 1. The molecular weight excluding hydrogens is 358 g/mol. The van der Waals surface area contributed by atoms with Crippen LogP contribution in [0.2, 0.25) is 0 Å². The first-order chi connectivity index (χ1) is 13.3. The van der Waals surface area contributed by atoms with Gasteiger partial charge in [0.15, 0.2) is 0 Å². The van der Waals surface area contributed by atoms with E-state index in [-0.39, 0.29) is 12.0 Å². The van der Waals surface area contributed by atoms with Crippen LogP contribution < -0.4 is 4.74 Å². The van der Waals surface area contributed by atoms with Crippen LogP contribution in [-0.4, -0.2) is 64.5 Å². The molecule has 1 amide bonds. The van der Waals surface area contributed by atoms with Crippen LogP contribution in [0.4, 0.5) is 0 Å². The third-order valence-corrected chi connectivity index (χ3v) is 6.21. The van der Waals surface area contributed by atoms with Gasteiger partial charge in [0.25, 0.3) is 5.91 Å². The normalized spacial score (nSPS) is 20.6. The van der Waals surface area contributed by atoms with Gasteiger partial charge in [0.1, 0.15) is 11.7 Å². The van der Waals surface area contributed by atoms with Gasteiger partial charge in [0.2, 0.25) is 5.88 Å². The molecule has 5 nitrogen and oxygen atoms in total. The minimum atomic E-state index is 0.0307. The van der Waals surface area contributed by atoms with Gasteiger partial charge in [-0.2, -0.15) is 11.8 Å². The number of hydrogen-bond acceptors (Lipinski definition) is 5. The summed E-state index contributed by atoms with van der Waals surface area (Å²) in [7, 11) is 0. The zero-order valence-corrected chi connectivity index (χ0v) is 16.2. The zero-order chi connectivity index (χ0) is 18.5. The van der Waals surface area contributed by atoms with E-state index in [0.29, 0.717) is 11.4 Å². The average Bonchev–Trinajstić information content (AvgIpc) is 3.22. The molecule has 142 valence electrons. The Bertz CT molecular complexity index is 757. The molecule has 2 fully saturated rings. The van der Waals surface area contributed by atoms with Crippen molar-refractivity contribution in [1.82, 2.24) is 14.8 Å². The summed E-state index contributed by atoms with van der Waals surface area (Å²) < 4.78 is 6.03. The molecule has 0 saturated carbocycles. The van der Waals surface area contributed by atoms with Crippen molar-refractivity contribution in [3.05, 3.63) is 59.8 Å². The van der Waals surface area contributed by atoms with Crippen molar-refractivity contribution in [1.29, 1.82) is 0 Å². The fourth-order valence-electron chi connectivity index (χ4n) is 3.53. The first-order valence-electron chi connectivity index (χ1n) is 9.54. The van der Waals surface area contributed by atoms with Crippen LogP contribution in [0.3, 0.4) is 0 Å². The van der Waals surface area contributed by atoms with E-state index >= 15 is 0 Å². The lowest BCUT2D eigenvalue weighted by Gasteiger charge is -2.35. The highest BCUT2D eigenvalue weighted by atomic mass is 32.2. The number of ether oxygens (including phenoxy) is 1. The molecular formula is C21H25N3O2S. The third kappa shape index (κ3) is 4.62. The Hall–Kier alpha value is -2.05. The molecule has 2 aliphatic heterocycles. The molecule has 1 unspecified atom stereocenters. The Labute approximate surface area is 164 Å². The predicted molar refractivity (Wildman–Crippen MR) is 108 cm³/mol. The standard InChI is InChI=1S/C21H25N3O2S/c25-21(19-7-4-9-22-20(19)26-18-8-14-27-16-18)24-12-10-23(11-13-24)15-17-5-2-1-3-6-17/h1-7,9,18H,8,10-16H2. The van der Waals surface area contributed by atoms with Gasteiger partial charge in [-0.25, -0.2) is 4.98 Å². The highest BCUT2D eigenvalue weighted by molar-refractivity contribution is 7.99. The molecule has 2 saturated heterocycles. The maximum Gasteiger partial charge on any atom is 0.259 e. The van der Waals surface area contributed by atoms with Crippen molar-refractivity contribution < 1.29 is 9.53 Å².